The molecule has 1 atom stereocenters. The molecule has 0 radical (unpaired) electrons. The Morgan fingerprint density at radius 1 is 1.29 bits per heavy atom. The lowest BCUT2D eigenvalue weighted by Gasteiger charge is -2.17. The van der Waals surface area contributed by atoms with Gasteiger partial charge >= 0.3 is 6.18 Å². The number of alkyl halides is 3. The van der Waals surface area contributed by atoms with Gasteiger partial charge in [0, 0.05) is 24.2 Å². The van der Waals surface area contributed by atoms with Crippen LogP contribution >= 0.6 is 0 Å². The molecule has 1 unspecified atom stereocenters. The summed E-state index contributed by atoms with van der Waals surface area (Å²) in [6.07, 6.45) is -2.26. The highest BCUT2D eigenvalue weighted by Gasteiger charge is 2.27. The molecule has 3 N–H and O–H groups in total. The molecular weight excluding hydrogens is 283 g/mol. The van der Waals surface area contributed by atoms with Gasteiger partial charge in [-0.2, -0.15) is 13.2 Å². The van der Waals surface area contributed by atoms with E-state index in [-0.39, 0.29) is 12.6 Å². The molecule has 4 nitrogen and oxygen atoms in total. The molecular formula is C14H16F3N3O. The third-order valence-corrected chi connectivity index (χ3v) is 3.05. The molecule has 0 amide bonds. The van der Waals surface area contributed by atoms with Crippen LogP contribution in [0.3, 0.4) is 0 Å². The fourth-order valence-corrected chi connectivity index (χ4v) is 2.05. The van der Waals surface area contributed by atoms with E-state index in [1.54, 1.807) is 6.20 Å². The first-order chi connectivity index (χ1) is 9.99. The predicted octanol–water partition coefficient (Wildman–Crippen LogP) is 2.71. The van der Waals surface area contributed by atoms with Crippen molar-refractivity contribution >= 4 is 10.9 Å². The number of rotatable bonds is 6. The SMILES string of the molecule is NNC(CCOCC(F)(F)F)c1ccc2ncccc2c1. The van der Waals surface area contributed by atoms with Crippen LogP contribution in [0.5, 0.6) is 0 Å². The third kappa shape index (κ3) is 4.66. The van der Waals surface area contributed by atoms with Crippen molar-refractivity contribution in [1.29, 1.82) is 0 Å². The molecule has 0 spiro atoms. The van der Waals surface area contributed by atoms with E-state index in [1.165, 1.54) is 0 Å². The van der Waals surface area contributed by atoms with Crippen molar-refractivity contribution in [3.05, 3.63) is 42.1 Å². The van der Waals surface area contributed by atoms with Crippen LogP contribution in [0.4, 0.5) is 13.2 Å². The number of aromatic nitrogens is 1. The van der Waals surface area contributed by atoms with E-state index < -0.39 is 12.8 Å². The summed E-state index contributed by atoms with van der Waals surface area (Å²) in [6.45, 7) is -1.27. The molecule has 0 bridgehead atoms. The number of nitrogens with two attached hydrogens (primary N) is 1. The number of nitrogens with one attached hydrogen (secondary N) is 1. The molecule has 0 saturated carbocycles. The summed E-state index contributed by atoms with van der Waals surface area (Å²) in [5.41, 5.74) is 4.33. The summed E-state index contributed by atoms with van der Waals surface area (Å²) in [5, 5.41) is 0.950. The summed E-state index contributed by atoms with van der Waals surface area (Å²) >= 11 is 0. The number of nitrogens with zero attached hydrogens (tertiary/aromatic N) is 1. The number of pyridine rings is 1. The van der Waals surface area contributed by atoms with Gasteiger partial charge in [0.15, 0.2) is 0 Å². The smallest absolute Gasteiger partial charge is 0.372 e. The fraction of sp³-hybridized carbons (Fsp3) is 0.357. The van der Waals surface area contributed by atoms with Gasteiger partial charge in [-0.1, -0.05) is 12.1 Å². The molecule has 0 fully saturated rings. The number of benzene rings is 1. The summed E-state index contributed by atoms with van der Waals surface area (Å²) in [5.74, 6) is 5.47. The normalized spacial score (nSPS) is 13.5. The molecule has 2 rings (SSSR count). The molecule has 0 aliphatic rings. The molecule has 114 valence electrons. The lowest BCUT2D eigenvalue weighted by Crippen LogP contribution is -2.29. The molecule has 0 aliphatic heterocycles. The second kappa shape index (κ2) is 6.84. The van der Waals surface area contributed by atoms with Crippen molar-refractivity contribution in [2.45, 2.75) is 18.6 Å². The minimum Gasteiger partial charge on any atom is -0.372 e. The van der Waals surface area contributed by atoms with Crippen LogP contribution in [-0.2, 0) is 4.74 Å². The van der Waals surface area contributed by atoms with Gasteiger partial charge in [-0.3, -0.25) is 16.3 Å². The Bertz CT molecular complexity index is 589. The highest BCUT2D eigenvalue weighted by Crippen LogP contribution is 2.21. The maximum atomic E-state index is 12.0. The van der Waals surface area contributed by atoms with E-state index in [9.17, 15) is 13.2 Å². The minimum atomic E-state index is -4.31. The van der Waals surface area contributed by atoms with Crippen molar-refractivity contribution in [2.24, 2.45) is 5.84 Å². The van der Waals surface area contributed by atoms with E-state index in [2.05, 4.69) is 15.1 Å². The monoisotopic (exact) mass is 299 g/mol. The number of ether oxygens (including phenoxy) is 1. The number of hydrogen-bond acceptors (Lipinski definition) is 4. The van der Waals surface area contributed by atoms with Crippen molar-refractivity contribution in [3.63, 3.8) is 0 Å². The highest BCUT2D eigenvalue weighted by molar-refractivity contribution is 5.79. The average molecular weight is 299 g/mol. The van der Waals surface area contributed by atoms with Crippen LogP contribution in [0.25, 0.3) is 10.9 Å². The molecule has 21 heavy (non-hydrogen) atoms. The van der Waals surface area contributed by atoms with E-state index in [0.29, 0.717) is 6.42 Å². The topological polar surface area (TPSA) is 60.2 Å². The predicted molar refractivity (Wildman–Crippen MR) is 73.3 cm³/mol. The lowest BCUT2D eigenvalue weighted by atomic mass is 10.0. The zero-order valence-corrected chi connectivity index (χ0v) is 11.2. The van der Waals surface area contributed by atoms with Crippen LogP contribution in [0.2, 0.25) is 0 Å². The Balaban J connectivity index is 1.99. The maximum Gasteiger partial charge on any atom is 0.411 e. The van der Waals surface area contributed by atoms with E-state index in [4.69, 9.17) is 5.84 Å². The molecule has 0 aliphatic carbocycles. The standard InChI is InChI=1S/C14H16F3N3O/c15-14(16,17)9-21-7-5-13(20-18)11-3-4-12-10(8-11)2-1-6-19-12/h1-4,6,8,13,20H,5,7,9,18H2. The molecule has 0 saturated heterocycles. The lowest BCUT2D eigenvalue weighted by molar-refractivity contribution is -0.174. The zero-order chi connectivity index (χ0) is 15.3. The van der Waals surface area contributed by atoms with Crippen molar-refractivity contribution in [1.82, 2.24) is 10.4 Å². The van der Waals surface area contributed by atoms with E-state index >= 15 is 0 Å². The second-order valence-electron chi connectivity index (χ2n) is 4.63. The van der Waals surface area contributed by atoms with Gasteiger partial charge in [-0.25, -0.2) is 0 Å². The Kier molecular flexibility index (Phi) is 5.11. The third-order valence-electron chi connectivity index (χ3n) is 3.05. The average Bonchev–Trinajstić information content (AvgIpc) is 2.46. The number of fused-ring (bicyclic) bond motifs is 1. The first-order valence-corrected chi connectivity index (χ1v) is 6.45. The number of hydrogen-bond donors (Lipinski definition) is 2. The Labute approximate surface area is 120 Å². The van der Waals surface area contributed by atoms with Crippen molar-refractivity contribution in [3.8, 4) is 0 Å². The molecule has 1 heterocycles. The van der Waals surface area contributed by atoms with Crippen molar-refractivity contribution in [2.75, 3.05) is 13.2 Å². The molecule has 2 aromatic rings. The first kappa shape index (κ1) is 15.7. The van der Waals surface area contributed by atoms with E-state index in [1.807, 2.05) is 30.3 Å². The fourth-order valence-electron chi connectivity index (χ4n) is 2.05. The van der Waals surface area contributed by atoms with Crippen molar-refractivity contribution < 1.29 is 17.9 Å². The van der Waals surface area contributed by atoms with Gasteiger partial charge in [0.1, 0.15) is 6.61 Å². The van der Waals surface area contributed by atoms with Gasteiger partial charge in [-0.05, 0) is 30.2 Å². The van der Waals surface area contributed by atoms with Crippen LogP contribution in [0, 0.1) is 0 Å². The first-order valence-electron chi connectivity index (χ1n) is 6.45. The summed E-state index contributed by atoms with van der Waals surface area (Å²) in [6, 6.07) is 9.08. The van der Waals surface area contributed by atoms with Gasteiger partial charge in [-0.15, -0.1) is 0 Å². The molecule has 7 heteroatoms. The van der Waals surface area contributed by atoms with Gasteiger partial charge in [0.25, 0.3) is 0 Å². The summed E-state index contributed by atoms with van der Waals surface area (Å²) in [7, 11) is 0. The van der Waals surface area contributed by atoms with Gasteiger partial charge in [0.05, 0.1) is 5.52 Å². The Morgan fingerprint density at radius 3 is 2.81 bits per heavy atom. The quantitative estimate of drug-likeness (QED) is 0.489. The zero-order valence-electron chi connectivity index (χ0n) is 11.2. The van der Waals surface area contributed by atoms with Crippen LogP contribution in [-0.4, -0.2) is 24.4 Å². The maximum absolute atomic E-state index is 12.0. The largest absolute Gasteiger partial charge is 0.411 e. The van der Waals surface area contributed by atoms with Crippen LogP contribution in [0.15, 0.2) is 36.5 Å². The second-order valence-corrected chi connectivity index (χ2v) is 4.63. The number of hydrazine groups is 1. The summed E-state index contributed by atoms with van der Waals surface area (Å²) < 4.78 is 40.6. The van der Waals surface area contributed by atoms with Gasteiger partial charge < -0.3 is 4.74 Å². The molecule has 1 aromatic heterocycles. The van der Waals surface area contributed by atoms with Crippen LogP contribution in [0.1, 0.15) is 18.0 Å². The van der Waals surface area contributed by atoms with Crippen LogP contribution < -0.4 is 11.3 Å². The van der Waals surface area contributed by atoms with E-state index in [0.717, 1.165) is 16.5 Å². The van der Waals surface area contributed by atoms with Gasteiger partial charge in [0.2, 0.25) is 0 Å². The minimum absolute atomic E-state index is 0.0283. The highest BCUT2D eigenvalue weighted by atomic mass is 19.4. The Morgan fingerprint density at radius 2 is 2.10 bits per heavy atom. The number of halogens is 3. The summed E-state index contributed by atoms with van der Waals surface area (Å²) in [4.78, 5) is 4.21. The Hall–Kier alpha value is -1.70. The molecule has 1 aromatic carbocycles.